The number of para-hydroxylation sites is 2. The molecule has 2 amide bonds. The number of rotatable bonds is 3. The predicted octanol–water partition coefficient (Wildman–Crippen LogP) is 2.69. The van der Waals surface area contributed by atoms with E-state index in [1.807, 2.05) is 25.1 Å². The molecular weight excluding hydrogens is 254 g/mol. The number of ether oxygens (including phenoxy) is 1. The third kappa shape index (κ3) is 1.92. The van der Waals surface area contributed by atoms with Gasteiger partial charge in [-0.25, -0.2) is 4.90 Å². The lowest BCUT2D eigenvalue weighted by Crippen LogP contribution is -2.30. The van der Waals surface area contributed by atoms with Crippen LogP contribution in [0.5, 0.6) is 5.75 Å². The number of nitrogens with zero attached hydrogens (tertiary/aromatic N) is 1. The summed E-state index contributed by atoms with van der Waals surface area (Å²) in [4.78, 5) is 26.3. The molecule has 1 unspecified atom stereocenters. The summed E-state index contributed by atoms with van der Waals surface area (Å²) in [5.41, 5.74) is 1.22. The third-order valence-electron chi connectivity index (χ3n) is 3.81. The molecule has 0 saturated carbocycles. The second kappa shape index (κ2) is 5.12. The molecule has 1 aromatic carbocycles. The van der Waals surface area contributed by atoms with Crippen molar-refractivity contribution in [2.24, 2.45) is 5.92 Å². The van der Waals surface area contributed by atoms with Crippen LogP contribution in [0.1, 0.15) is 26.2 Å². The van der Waals surface area contributed by atoms with Crippen molar-refractivity contribution in [3.05, 3.63) is 35.9 Å². The first kappa shape index (κ1) is 12.9. The third-order valence-corrected chi connectivity index (χ3v) is 3.81. The van der Waals surface area contributed by atoms with Gasteiger partial charge in [-0.2, -0.15) is 0 Å². The van der Waals surface area contributed by atoms with Crippen LogP contribution in [0.25, 0.3) is 0 Å². The maximum Gasteiger partial charge on any atom is 0.261 e. The fourth-order valence-electron chi connectivity index (χ4n) is 2.90. The molecule has 1 fully saturated rings. The first-order chi connectivity index (χ1) is 9.74. The summed E-state index contributed by atoms with van der Waals surface area (Å²) in [7, 11) is 0. The van der Waals surface area contributed by atoms with Gasteiger partial charge in [0, 0.05) is 5.57 Å². The molecule has 0 bridgehead atoms. The number of amides is 2. The molecule has 20 heavy (non-hydrogen) atoms. The molecule has 0 spiro atoms. The van der Waals surface area contributed by atoms with Crippen LogP contribution in [0.4, 0.5) is 5.69 Å². The average molecular weight is 271 g/mol. The van der Waals surface area contributed by atoms with Crippen LogP contribution in [0.2, 0.25) is 0 Å². The normalized spacial score (nSPS) is 21.8. The van der Waals surface area contributed by atoms with Crippen molar-refractivity contribution < 1.29 is 14.3 Å². The van der Waals surface area contributed by atoms with Crippen LogP contribution in [-0.2, 0) is 9.59 Å². The average Bonchev–Trinajstić information content (AvgIpc) is 2.73. The fraction of sp³-hybridized carbons (Fsp3) is 0.375. The van der Waals surface area contributed by atoms with Crippen molar-refractivity contribution in [2.75, 3.05) is 11.5 Å². The Morgan fingerprint density at radius 1 is 1.30 bits per heavy atom. The molecule has 1 aromatic rings. The van der Waals surface area contributed by atoms with Gasteiger partial charge in [0.05, 0.1) is 18.2 Å². The van der Waals surface area contributed by atoms with Gasteiger partial charge in [-0.15, -0.1) is 0 Å². The van der Waals surface area contributed by atoms with Crippen LogP contribution in [0, 0.1) is 5.92 Å². The Morgan fingerprint density at radius 2 is 2.10 bits per heavy atom. The molecular formula is C16H17NO3. The van der Waals surface area contributed by atoms with Gasteiger partial charge in [0.2, 0.25) is 5.91 Å². The summed E-state index contributed by atoms with van der Waals surface area (Å²) in [6.07, 6.45) is 4.53. The van der Waals surface area contributed by atoms with Crippen molar-refractivity contribution in [1.29, 1.82) is 0 Å². The summed E-state index contributed by atoms with van der Waals surface area (Å²) >= 11 is 0. The molecule has 4 heteroatoms. The number of allylic oxidation sites excluding steroid dienone is 1. The molecule has 104 valence electrons. The van der Waals surface area contributed by atoms with Crippen LogP contribution in [0.3, 0.4) is 0 Å². The Morgan fingerprint density at radius 3 is 2.85 bits per heavy atom. The van der Waals surface area contributed by atoms with E-state index in [-0.39, 0.29) is 17.7 Å². The SMILES string of the molecule is CCOc1ccccc1N1C(=O)C2=CCCCC2C1=O. The summed E-state index contributed by atoms with van der Waals surface area (Å²) in [5.74, 6) is 0.0156. The van der Waals surface area contributed by atoms with Gasteiger partial charge >= 0.3 is 0 Å². The molecule has 4 nitrogen and oxygen atoms in total. The van der Waals surface area contributed by atoms with Crippen LogP contribution in [0.15, 0.2) is 35.9 Å². The van der Waals surface area contributed by atoms with Crippen LogP contribution in [-0.4, -0.2) is 18.4 Å². The molecule has 0 N–H and O–H groups in total. The van der Waals surface area contributed by atoms with E-state index in [9.17, 15) is 9.59 Å². The lowest BCUT2D eigenvalue weighted by Gasteiger charge is -2.18. The van der Waals surface area contributed by atoms with Crippen molar-refractivity contribution in [2.45, 2.75) is 26.2 Å². The van der Waals surface area contributed by atoms with E-state index in [0.717, 1.165) is 19.3 Å². The topological polar surface area (TPSA) is 46.6 Å². The maximum absolute atomic E-state index is 12.5. The van der Waals surface area contributed by atoms with Crippen molar-refractivity contribution in [3.8, 4) is 5.75 Å². The van der Waals surface area contributed by atoms with Gasteiger partial charge in [-0.1, -0.05) is 18.2 Å². The minimum Gasteiger partial charge on any atom is -0.492 e. The van der Waals surface area contributed by atoms with Gasteiger partial charge in [0.1, 0.15) is 5.75 Å². The van der Waals surface area contributed by atoms with E-state index in [1.165, 1.54) is 4.90 Å². The van der Waals surface area contributed by atoms with Crippen LogP contribution < -0.4 is 9.64 Å². The number of carbonyl (C=O) groups is 2. The first-order valence-electron chi connectivity index (χ1n) is 7.04. The van der Waals surface area contributed by atoms with Crippen molar-refractivity contribution >= 4 is 17.5 Å². The highest BCUT2D eigenvalue weighted by Crippen LogP contribution is 2.39. The summed E-state index contributed by atoms with van der Waals surface area (Å²) in [6, 6.07) is 7.20. The highest BCUT2D eigenvalue weighted by molar-refractivity contribution is 6.29. The standard InChI is InChI=1S/C16H17NO3/c1-2-20-14-10-6-5-9-13(14)17-15(18)11-7-3-4-8-12(11)16(17)19/h5-7,9-10,12H,2-4,8H2,1H3. The highest BCUT2D eigenvalue weighted by Gasteiger charge is 2.45. The maximum atomic E-state index is 12.5. The zero-order chi connectivity index (χ0) is 14.1. The molecule has 0 aromatic heterocycles. The van der Waals surface area contributed by atoms with Crippen molar-refractivity contribution in [1.82, 2.24) is 0 Å². The second-order valence-electron chi connectivity index (χ2n) is 5.02. The molecule has 0 radical (unpaired) electrons. The summed E-state index contributed by atoms with van der Waals surface area (Å²) in [5, 5.41) is 0. The van der Waals surface area contributed by atoms with E-state index in [2.05, 4.69) is 0 Å². The molecule has 2 aliphatic rings. The number of fused-ring (bicyclic) bond motifs is 1. The molecule has 1 aliphatic carbocycles. The zero-order valence-corrected chi connectivity index (χ0v) is 11.5. The smallest absolute Gasteiger partial charge is 0.261 e. The number of hydrogen-bond acceptors (Lipinski definition) is 3. The van der Waals surface area contributed by atoms with E-state index >= 15 is 0 Å². The fourth-order valence-corrected chi connectivity index (χ4v) is 2.90. The quantitative estimate of drug-likeness (QED) is 0.794. The van der Waals surface area contributed by atoms with Gasteiger partial charge in [-0.05, 0) is 38.3 Å². The van der Waals surface area contributed by atoms with Crippen LogP contribution >= 0.6 is 0 Å². The molecule has 1 saturated heterocycles. The van der Waals surface area contributed by atoms with Gasteiger partial charge in [-0.3, -0.25) is 9.59 Å². The number of benzene rings is 1. The Balaban J connectivity index is 2.03. The van der Waals surface area contributed by atoms with Gasteiger partial charge in [0.15, 0.2) is 0 Å². The van der Waals surface area contributed by atoms with Gasteiger partial charge < -0.3 is 4.74 Å². The monoisotopic (exact) mass is 271 g/mol. The number of anilines is 1. The number of carbonyl (C=O) groups excluding carboxylic acids is 2. The van der Waals surface area contributed by atoms with E-state index < -0.39 is 0 Å². The number of hydrogen-bond donors (Lipinski definition) is 0. The predicted molar refractivity (Wildman–Crippen MR) is 75.5 cm³/mol. The largest absolute Gasteiger partial charge is 0.492 e. The Bertz CT molecular complexity index is 591. The van der Waals surface area contributed by atoms with Crippen molar-refractivity contribution in [3.63, 3.8) is 0 Å². The summed E-state index contributed by atoms with van der Waals surface area (Å²) in [6.45, 7) is 2.38. The Kier molecular flexibility index (Phi) is 3.30. The van der Waals surface area contributed by atoms with Gasteiger partial charge in [0.25, 0.3) is 5.91 Å². The van der Waals surface area contributed by atoms with E-state index in [1.54, 1.807) is 12.1 Å². The Labute approximate surface area is 118 Å². The van der Waals surface area contributed by atoms with E-state index in [0.29, 0.717) is 23.6 Å². The summed E-state index contributed by atoms with van der Waals surface area (Å²) < 4.78 is 5.53. The number of imide groups is 1. The molecule has 3 rings (SSSR count). The minimum absolute atomic E-state index is 0.117. The molecule has 1 aliphatic heterocycles. The molecule has 1 heterocycles. The zero-order valence-electron chi connectivity index (χ0n) is 11.5. The Hall–Kier alpha value is -2.10. The van der Waals surface area contributed by atoms with E-state index in [4.69, 9.17) is 4.74 Å². The first-order valence-corrected chi connectivity index (χ1v) is 7.04. The minimum atomic E-state index is -0.258. The lowest BCUT2D eigenvalue weighted by atomic mass is 9.90. The highest BCUT2D eigenvalue weighted by atomic mass is 16.5. The lowest BCUT2D eigenvalue weighted by molar-refractivity contribution is -0.122. The molecule has 1 atom stereocenters. The second-order valence-corrected chi connectivity index (χ2v) is 5.02.